The first-order valence-electron chi connectivity index (χ1n) is 9.50. The molecular weight excluding hydrogens is 324 g/mol. The van der Waals surface area contributed by atoms with E-state index in [1.165, 1.54) is 55.8 Å². The summed E-state index contributed by atoms with van der Waals surface area (Å²) in [6, 6.07) is 21.8. The van der Waals surface area contributed by atoms with Gasteiger partial charge < -0.3 is 10.6 Å². The van der Waals surface area contributed by atoms with Crippen LogP contribution >= 0.6 is 11.8 Å². The molecule has 2 N–H and O–H groups in total. The molecule has 0 spiro atoms. The predicted molar refractivity (Wildman–Crippen MR) is 110 cm³/mol. The zero-order valence-corrected chi connectivity index (χ0v) is 15.8. The number of piperidine rings is 1. The van der Waals surface area contributed by atoms with Crippen molar-refractivity contribution < 1.29 is 0 Å². The van der Waals surface area contributed by atoms with Gasteiger partial charge in [0.1, 0.15) is 0 Å². The van der Waals surface area contributed by atoms with Crippen LogP contribution in [0.1, 0.15) is 35.6 Å². The summed E-state index contributed by atoms with van der Waals surface area (Å²) in [5.74, 6) is 2.03. The maximum absolute atomic E-state index is 5.70. The van der Waals surface area contributed by atoms with Gasteiger partial charge in [0.2, 0.25) is 0 Å². The van der Waals surface area contributed by atoms with E-state index in [4.69, 9.17) is 5.73 Å². The fraction of sp³-hybridized carbons (Fsp3) is 0.455. The van der Waals surface area contributed by atoms with Crippen molar-refractivity contribution in [2.45, 2.75) is 24.5 Å². The summed E-state index contributed by atoms with van der Waals surface area (Å²) < 4.78 is 0. The molecule has 0 amide bonds. The molecule has 1 aliphatic rings. The highest BCUT2D eigenvalue weighted by Crippen LogP contribution is 2.35. The number of likely N-dealkylation sites (tertiary alicyclic amines) is 1. The second-order valence-corrected chi connectivity index (χ2v) is 8.15. The van der Waals surface area contributed by atoms with Crippen LogP contribution in [-0.2, 0) is 0 Å². The Labute approximate surface area is 156 Å². The first-order chi connectivity index (χ1) is 12.4. The Morgan fingerprint density at radius 3 is 2.00 bits per heavy atom. The fourth-order valence-electron chi connectivity index (χ4n) is 3.67. The van der Waals surface area contributed by atoms with Crippen LogP contribution in [0.4, 0.5) is 0 Å². The van der Waals surface area contributed by atoms with Crippen LogP contribution in [0, 0.1) is 5.92 Å². The minimum absolute atomic E-state index is 0.428. The third kappa shape index (κ3) is 5.60. The molecule has 1 saturated heterocycles. The Morgan fingerprint density at radius 2 is 1.48 bits per heavy atom. The Morgan fingerprint density at radius 1 is 0.920 bits per heavy atom. The van der Waals surface area contributed by atoms with Crippen LogP contribution in [0.15, 0.2) is 60.7 Å². The molecular formula is C22H30N2S. The summed E-state index contributed by atoms with van der Waals surface area (Å²) in [5, 5.41) is 0.428. The molecule has 1 aliphatic heterocycles. The molecule has 0 aliphatic carbocycles. The number of hydrogen-bond donors (Lipinski definition) is 1. The third-order valence-electron chi connectivity index (χ3n) is 5.18. The van der Waals surface area contributed by atoms with E-state index in [1.807, 2.05) is 0 Å². The highest BCUT2D eigenvalue weighted by atomic mass is 32.2. The molecule has 134 valence electrons. The highest BCUT2D eigenvalue weighted by molar-refractivity contribution is 7.99. The van der Waals surface area contributed by atoms with E-state index in [0.29, 0.717) is 5.25 Å². The van der Waals surface area contributed by atoms with Gasteiger partial charge in [0, 0.05) is 12.3 Å². The Hall–Kier alpha value is -1.29. The summed E-state index contributed by atoms with van der Waals surface area (Å²) in [4.78, 5) is 2.63. The molecule has 0 atom stereocenters. The van der Waals surface area contributed by atoms with Crippen molar-refractivity contribution in [3.8, 4) is 0 Å². The van der Waals surface area contributed by atoms with Crippen LogP contribution in [0.3, 0.4) is 0 Å². The topological polar surface area (TPSA) is 29.3 Å². The average molecular weight is 355 g/mol. The van der Waals surface area contributed by atoms with Crippen LogP contribution < -0.4 is 5.73 Å². The van der Waals surface area contributed by atoms with Gasteiger partial charge in [-0.05, 0) is 55.9 Å². The molecule has 0 saturated carbocycles. The standard InChI is InChI=1S/C22H30N2S/c23-14-11-19-12-15-24(16-13-19)17-18-25-22(20-7-3-1-4-8-20)21-9-5-2-6-10-21/h1-10,19,22H,11-18,23H2. The second kappa shape index (κ2) is 10.0. The average Bonchev–Trinajstić information content (AvgIpc) is 2.68. The number of nitrogens with zero attached hydrogens (tertiary/aromatic N) is 1. The lowest BCUT2D eigenvalue weighted by Crippen LogP contribution is -2.35. The van der Waals surface area contributed by atoms with Gasteiger partial charge in [0.25, 0.3) is 0 Å². The molecule has 2 nitrogen and oxygen atoms in total. The molecule has 0 radical (unpaired) electrons. The quantitative estimate of drug-likeness (QED) is 0.753. The second-order valence-electron chi connectivity index (χ2n) is 6.93. The largest absolute Gasteiger partial charge is 0.330 e. The van der Waals surface area contributed by atoms with Gasteiger partial charge in [-0.2, -0.15) is 0 Å². The maximum Gasteiger partial charge on any atom is 0.0547 e. The van der Waals surface area contributed by atoms with Gasteiger partial charge in [-0.3, -0.25) is 0 Å². The van der Waals surface area contributed by atoms with Crippen molar-refractivity contribution >= 4 is 11.8 Å². The summed E-state index contributed by atoms with van der Waals surface area (Å²) >= 11 is 2.07. The number of hydrogen-bond acceptors (Lipinski definition) is 3. The molecule has 2 aromatic rings. The van der Waals surface area contributed by atoms with Crippen molar-refractivity contribution in [2.75, 3.05) is 31.9 Å². The lowest BCUT2D eigenvalue weighted by molar-refractivity contribution is 0.189. The fourth-order valence-corrected chi connectivity index (χ4v) is 4.97. The Bertz CT molecular complexity index is 554. The molecule has 0 unspecified atom stereocenters. The van der Waals surface area contributed by atoms with Gasteiger partial charge in [-0.15, -0.1) is 11.8 Å². The summed E-state index contributed by atoms with van der Waals surface area (Å²) in [5.41, 5.74) is 8.51. The summed E-state index contributed by atoms with van der Waals surface area (Å²) in [7, 11) is 0. The minimum atomic E-state index is 0.428. The van der Waals surface area contributed by atoms with E-state index < -0.39 is 0 Å². The van der Waals surface area contributed by atoms with Gasteiger partial charge in [-0.25, -0.2) is 0 Å². The maximum atomic E-state index is 5.70. The molecule has 3 heteroatoms. The predicted octanol–water partition coefficient (Wildman–Crippen LogP) is 4.57. The van der Waals surface area contributed by atoms with Crippen molar-refractivity contribution in [3.63, 3.8) is 0 Å². The van der Waals surface area contributed by atoms with Crippen LogP contribution in [0.2, 0.25) is 0 Å². The Kier molecular flexibility index (Phi) is 7.40. The van der Waals surface area contributed by atoms with Gasteiger partial charge in [0.15, 0.2) is 0 Å². The lowest BCUT2D eigenvalue weighted by Gasteiger charge is -2.32. The highest BCUT2D eigenvalue weighted by Gasteiger charge is 2.19. The van der Waals surface area contributed by atoms with Gasteiger partial charge >= 0.3 is 0 Å². The van der Waals surface area contributed by atoms with Crippen molar-refractivity contribution in [2.24, 2.45) is 11.7 Å². The van der Waals surface area contributed by atoms with E-state index >= 15 is 0 Å². The van der Waals surface area contributed by atoms with Crippen LogP contribution in [-0.4, -0.2) is 36.8 Å². The van der Waals surface area contributed by atoms with Gasteiger partial charge in [0.05, 0.1) is 5.25 Å². The molecule has 2 aromatic carbocycles. The minimum Gasteiger partial charge on any atom is -0.330 e. The van der Waals surface area contributed by atoms with E-state index in [1.54, 1.807) is 0 Å². The third-order valence-corrected chi connectivity index (χ3v) is 6.47. The smallest absolute Gasteiger partial charge is 0.0547 e. The lowest BCUT2D eigenvalue weighted by atomic mass is 9.94. The normalized spacial score (nSPS) is 16.4. The van der Waals surface area contributed by atoms with Gasteiger partial charge in [-0.1, -0.05) is 60.7 Å². The van der Waals surface area contributed by atoms with Crippen LogP contribution in [0.25, 0.3) is 0 Å². The molecule has 1 heterocycles. The van der Waals surface area contributed by atoms with E-state index in [2.05, 4.69) is 77.3 Å². The van der Waals surface area contributed by atoms with E-state index in [0.717, 1.165) is 12.5 Å². The van der Waals surface area contributed by atoms with E-state index in [-0.39, 0.29) is 0 Å². The Balaban J connectivity index is 1.54. The first-order valence-corrected chi connectivity index (χ1v) is 10.6. The van der Waals surface area contributed by atoms with Crippen LogP contribution in [0.5, 0.6) is 0 Å². The van der Waals surface area contributed by atoms with Crippen molar-refractivity contribution in [1.82, 2.24) is 4.90 Å². The monoisotopic (exact) mass is 354 g/mol. The number of nitrogens with two attached hydrogens (primary N) is 1. The molecule has 25 heavy (non-hydrogen) atoms. The summed E-state index contributed by atoms with van der Waals surface area (Å²) in [6.07, 6.45) is 3.85. The molecule has 3 rings (SSSR count). The number of rotatable bonds is 8. The molecule has 1 fully saturated rings. The first kappa shape index (κ1) is 18.5. The van der Waals surface area contributed by atoms with E-state index in [9.17, 15) is 0 Å². The SMILES string of the molecule is NCCC1CCN(CCSC(c2ccccc2)c2ccccc2)CC1. The van der Waals surface area contributed by atoms with Crippen molar-refractivity contribution in [1.29, 1.82) is 0 Å². The molecule has 0 bridgehead atoms. The zero-order chi connectivity index (χ0) is 17.3. The zero-order valence-electron chi connectivity index (χ0n) is 15.0. The number of benzene rings is 2. The summed E-state index contributed by atoms with van der Waals surface area (Å²) in [6.45, 7) is 4.52. The molecule has 0 aromatic heterocycles. The van der Waals surface area contributed by atoms with Crippen molar-refractivity contribution in [3.05, 3.63) is 71.8 Å². The number of thioether (sulfide) groups is 1.